The highest BCUT2D eigenvalue weighted by atomic mass is 32.2. The first kappa shape index (κ1) is 24.8. The molecule has 1 N–H and O–H groups in total. The first-order valence-electron chi connectivity index (χ1n) is 11.2. The zero-order valence-corrected chi connectivity index (χ0v) is 20.3. The zero-order chi connectivity index (χ0) is 25.0. The molecule has 0 radical (unpaired) electrons. The minimum Gasteiger partial charge on any atom is -0.483 e. The topological polar surface area (TPSA) is 115 Å². The van der Waals surface area contributed by atoms with Gasteiger partial charge in [-0.05, 0) is 55.8 Å². The molecule has 1 aromatic heterocycles. The summed E-state index contributed by atoms with van der Waals surface area (Å²) in [5.41, 5.74) is 3.97. The molecule has 1 aliphatic rings. The summed E-state index contributed by atoms with van der Waals surface area (Å²) in [6.45, 7) is 2.54. The Morgan fingerprint density at radius 1 is 1.17 bits per heavy atom. The largest absolute Gasteiger partial charge is 0.483 e. The fraction of sp³-hybridized carbons (Fsp3) is 0.375. The number of sulfone groups is 1. The van der Waals surface area contributed by atoms with Gasteiger partial charge in [-0.15, -0.1) is 0 Å². The number of carbonyl (C=O) groups excluding carboxylic acids is 1. The Balaban J connectivity index is 1.49. The van der Waals surface area contributed by atoms with Gasteiger partial charge in [0, 0.05) is 24.7 Å². The molecule has 0 unspecified atom stereocenters. The molecule has 1 amide bonds. The number of benzene rings is 2. The van der Waals surface area contributed by atoms with Gasteiger partial charge in [0.15, 0.2) is 16.4 Å². The highest BCUT2D eigenvalue weighted by Crippen LogP contribution is 2.28. The van der Waals surface area contributed by atoms with Crippen molar-refractivity contribution in [3.05, 3.63) is 65.2 Å². The Bertz CT molecular complexity index is 1290. The molecule has 9 nitrogen and oxygen atoms in total. The summed E-state index contributed by atoms with van der Waals surface area (Å²) in [4.78, 5) is 14.4. The van der Waals surface area contributed by atoms with Crippen LogP contribution in [0.15, 0.2) is 47.1 Å². The van der Waals surface area contributed by atoms with Gasteiger partial charge in [0.1, 0.15) is 23.0 Å². The van der Waals surface area contributed by atoms with Gasteiger partial charge in [0.25, 0.3) is 5.91 Å². The summed E-state index contributed by atoms with van der Waals surface area (Å²) >= 11 is 0. The molecule has 2 heterocycles. The van der Waals surface area contributed by atoms with E-state index in [9.17, 15) is 17.6 Å². The van der Waals surface area contributed by atoms with Crippen LogP contribution in [0.3, 0.4) is 0 Å². The SMILES string of the molecule is Cc1nonc1CN(C)Cc1cc(-c2ccc(F)cc2)ccc1OCC(=O)N[C@@H]1CCS(=O)(=O)C1. The maximum absolute atomic E-state index is 13.4. The average molecular weight is 503 g/mol. The van der Waals surface area contributed by atoms with Gasteiger partial charge in [-0.3, -0.25) is 9.69 Å². The van der Waals surface area contributed by atoms with Crippen LogP contribution in [0.25, 0.3) is 11.1 Å². The lowest BCUT2D eigenvalue weighted by Crippen LogP contribution is -2.38. The van der Waals surface area contributed by atoms with Gasteiger partial charge in [0.05, 0.1) is 11.5 Å². The molecular weight excluding hydrogens is 475 g/mol. The number of ether oxygens (including phenoxy) is 1. The maximum Gasteiger partial charge on any atom is 0.258 e. The summed E-state index contributed by atoms with van der Waals surface area (Å²) in [5.74, 6) is -0.130. The van der Waals surface area contributed by atoms with Crippen molar-refractivity contribution >= 4 is 15.7 Å². The summed E-state index contributed by atoms with van der Waals surface area (Å²) < 4.78 is 47.2. The van der Waals surface area contributed by atoms with E-state index in [1.165, 1.54) is 12.1 Å². The third kappa shape index (κ3) is 6.64. The van der Waals surface area contributed by atoms with E-state index >= 15 is 0 Å². The van der Waals surface area contributed by atoms with Crippen molar-refractivity contribution in [1.82, 2.24) is 20.5 Å². The lowest BCUT2D eigenvalue weighted by atomic mass is 10.0. The van der Waals surface area contributed by atoms with Crippen molar-refractivity contribution in [3.63, 3.8) is 0 Å². The van der Waals surface area contributed by atoms with Gasteiger partial charge in [-0.25, -0.2) is 17.4 Å². The van der Waals surface area contributed by atoms with Crippen molar-refractivity contribution in [3.8, 4) is 16.9 Å². The minimum atomic E-state index is -3.09. The molecular formula is C24H27FN4O5S. The van der Waals surface area contributed by atoms with Crippen LogP contribution in [0.4, 0.5) is 4.39 Å². The van der Waals surface area contributed by atoms with Gasteiger partial charge in [0.2, 0.25) is 0 Å². The number of rotatable bonds is 9. The minimum absolute atomic E-state index is 0.0442. The number of halogens is 1. The predicted molar refractivity (Wildman–Crippen MR) is 127 cm³/mol. The molecule has 2 aromatic carbocycles. The Hall–Kier alpha value is -3.31. The van der Waals surface area contributed by atoms with E-state index in [1.54, 1.807) is 18.2 Å². The second-order valence-corrected chi connectivity index (χ2v) is 11.0. The van der Waals surface area contributed by atoms with Crippen LogP contribution < -0.4 is 10.1 Å². The van der Waals surface area contributed by atoms with Gasteiger partial charge in [-0.1, -0.05) is 28.5 Å². The third-order valence-electron chi connectivity index (χ3n) is 5.80. The molecule has 0 aliphatic carbocycles. The molecule has 3 aromatic rings. The lowest BCUT2D eigenvalue weighted by molar-refractivity contribution is -0.123. The number of hydrogen-bond donors (Lipinski definition) is 1. The molecule has 4 rings (SSSR count). The normalized spacial score (nSPS) is 17.0. The van der Waals surface area contributed by atoms with Crippen LogP contribution in [0.2, 0.25) is 0 Å². The Morgan fingerprint density at radius 3 is 2.57 bits per heavy atom. The van der Waals surface area contributed by atoms with E-state index < -0.39 is 9.84 Å². The van der Waals surface area contributed by atoms with Gasteiger partial charge >= 0.3 is 0 Å². The number of aryl methyl sites for hydroxylation is 1. The molecule has 1 atom stereocenters. The van der Waals surface area contributed by atoms with Crippen LogP contribution in [0.1, 0.15) is 23.4 Å². The number of nitrogens with one attached hydrogen (secondary N) is 1. The number of hydrogen-bond acceptors (Lipinski definition) is 8. The Labute approximate surface area is 203 Å². The van der Waals surface area contributed by atoms with E-state index in [1.807, 2.05) is 31.0 Å². The smallest absolute Gasteiger partial charge is 0.258 e. The quantitative estimate of drug-likeness (QED) is 0.475. The Kier molecular flexibility index (Phi) is 7.46. The highest BCUT2D eigenvalue weighted by molar-refractivity contribution is 7.91. The van der Waals surface area contributed by atoms with Crippen molar-refractivity contribution < 1.29 is 27.0 Å². The van der Waals surface area contributed by atoms with E-state index in [4.69, 9.17) is 9.37 Å². The molecule has 186 valence electrons. The molecule has 0 bridgehead atoms. The third-order valence-corrected chi connectivity index (χ3v) is 7.57. The molecule has 0 spiro atoms. The standard InChI is InChI=1S/C24H27FN4O5S/c1-16-22(28-34-27-16)13-29(2)12-19-11-18(17-3-6-20(25)7-4-17)5-8-23(19)33-14-24(30)26-21-9-10-35(31,32)15-21/h3-8,11,21H,9-10,12-15H2,1-2H3,(H,26,30)/t21-/m1/s1. The fourth-order valence-corrected chi connectivity index (χ4v) is 5.66. The van der Waals surface area contributed by atoms with E-state index in [2.05, 4.69) is 15.6 Å². The zero-order valence-electron chi connectivity index (χ0n) is 19.5. The summed E-state index contributed by atoms with van der Waals surface area (Å²) in [6.07, 6.45) is 0.410. The summed E-state index contributed by atoms with van der Waals surface area (Å²) in [7, 11) is -1.18. The van der Waals surface area contributed by atoms with Crippen LogP contribution in [0, 0.1) is 12.7 Å². The maximum atomic E-state index is 13.4. The van der Waals surface area contributed by atoms with Gasteiger partial charge < -0.3 is 10.1 Å². The highest BCUT2D eigenvalue weighted by Gasteiger charge is 2.29. The van der Waals surface area contributed by atoms with Crippen molar-refractivity contribution in [2.75, 3.05) is 25.2 Å². The van der Waals surface area contributed by atoms with E-state index in [0.29, 0.717) is 31.0 Å². The second kappa shape index (κ2) is 10.5. The number of nitrogens with zero attached hydrogens (tertiary/aromatic N) is 3. The van der Waals surface area contributed by atoms with E-state index in [-0.39, 0.29) is 35.9 Å². The lowest BCUT2D eigenvalue weighted by Gasteiger charge is -2.19. The van der Waals surface area contributed by atoms with Crippen molar-refractivity contribution in [1.29, 1.82) is 0 Å². The van der Waals surface area contributed by atoms with Crippen LogP contribution >= 0.6 is 0 Å². The second-order valence-electron chi connectivity index (χ2n) is 8.75. The molecule has 11 heteroatoms. The van der Waals surface area contributed by atoms with Crippen molar-refractivity contribution in [2.45, 2.75) is 32.5 Å². The van der Waals surface area contributed by atoms with Crippen molar-refractivity contribution in [2.24, 2.45) is 0 Å². The monoisotopic (exact) mass is 502 g/mol. The average Bonchev–Trinajstić information content (AvgIpc) is 3.37. The summed E-state index contributed by atoms with van der Waals surface area (Å²) in [6, 6.07) is 11.4. The number of aromatic nitrogens is 2. The van der Waals surface area contributed by atoms with Crippen LogP contribution in [-0.2, 0) is 27.7 Å². The number of amides is 1. The van der Waals surface area contributed by atoms with E-state index in [0.717, 1.165) is 22.4 Å². The van der Waals surface area contributed by atoms with Gasteiger partial charge in [-0.2, -0.15) is 0 Å². The van der Waals surface area contributed by atoms with Crippen LogP contribution in [0.5, 0.6) is 5.75 Å². The molecule has 35 heavy (non-hydrogen) atoms. The molecule has 1 aliphatic heterocycles. The first-order chi connectivity index (χ1) is 16.7. The fourth-order valence-electron chi connectivity index (χ4n) is 3.98. The molecule has 0 saturated carbocycles. The molecule has 1 fully saturated rings. The molecule has 1 saturated heterocycles. The first-order valence-corrected chi connectivity index (χ1v) is 13.0. The summed E-state index contributed by atoms with van der Waals surface area (Å²) in [5, 5.41) is 10.5. The predicted octanol–water partition coefficient (Wildman–Crippen LogP) is 2.50. The number of carbonyl (C=O) groups is 1. The Morgan fingerprint density at radius 2 is 1.91 bits per heavy atom. The van der Waals surface area contributed by atoms with Crippen LogP contribution in [-0.4, -0.2) is 60.7 Å².